The topological polar surface area (TPSA) is 136 Å². The lowest BCUT2D eigenvalue weighted by Gasteiger charge is -2.24. The molecule has 15 aromatic rings. The Bertz CT molecular complexity index is 5370. The van der Waals surface area contributed by atoms with Crippen molar-refractivity contribution in [2.75, 3.05) is 0 Å². The third kappa shape index (κ3) is 7.89. The summed E-state index contributed by atoms with van der Waals surface area (Å²) in [4.78, 5) is 11.2. The van der Waals surface area contributed by atoms with Crippen LogP contribution in [-0.4, -0.2) is 23.7 Å². The first-order chi connectivity index (χ1) is 41.8. The fourth-order valence-corrected chi connectivity index (χ4v) is 13.0. The predicted molar refractivity (Wildman–Crippen MR) is 341 cm³/mol. The zero-order valence-corrected chi connectivity index (χ0v) is 46.0. The molecule has 5 aromatic heterocycles. The Kier molecular flexibility index (Phi) is 11.6. The maximum atomic E-state index is 10.3. The predicted octanol–water partition coefficient (Wildman–Crippen LogP) is 18.2. The van der Waals surface area contributed by atoms with Gasteiger partial charge in [0.05, 0.1) is 102 Å². The molecule has 0 unspecified atom stereocenters. The van der Waals surface area contributed by atoms with Gasteiger partial charge in [-0.2, -0.15) is 21.0 Å². The summed E-state index contributed by atoms with van der Waals surface area (Å²) in [5.74, 6) is 0. The van der Waals surface area contributed by atoms with Crippen LogP contribution in [-0.2, 0) is 0 Å². The van der Waals surface area contributed by atoms with Gasteiger partial charge in [-0.05, 0) is 146 Å². The van der Waals surface area contributed by atoms with Gasteiger partial charge in [-0.25, -0.2) is 4.98 Å². The Morgan fingerprint density at radius 1 is 0.318 bits per heavy atom. The van der Waals surface area contributed by atoms with Gasteiger partial charge in [0.2, 0.25) is 0 Å². The zero-order valence-electron chi connectivity index (χ0n) is 46.0. The largest absolute Gasteiger partial charge is 0.309 e. The third-order valence-corrected chi connectivity index (χ3v) is 16.6. The Morgan fingerprint density at radius 3 is 1.32 bits per heavy atom. The lowest BCUT2D eigenvalue weighted by molar-refractivity contribution is 1.13. The average Bonchev–Trinajstić information content (AvgIpc) is 2.54. The van der Waals surface area contributed by atoms with Crippen LogP contribution in [0.5, 0.6) is 0 Å². The van der Waals surface area contributed by atoms with Crippen molar-refractivity contribution in [1.29, 1.82) is 21.0 Å². The highest BCUT2D eigenvalue weighted by Gasteiger charge is 2.29. The average molecular weight is 1080 g/mol. The summed E-state index contributed by atoms with van der Waals surface area (Å²) in [6, 6.07) is 90.0. The van der Waals surface area contributed by atoms with Gasteiger partial charge in [0.1, 0.15) is 0 Å². The second kappa shape index (κ2) is 19.8. The van der Waals surface area contributed by atoms with E-state index in [4.69, 9.17) is 9.97 Å². The van der Waals surface area contributed by atoms with Crippen LogP contribution in [0.15, 0.2) is 237 Å². The van der Waals surface area contributed by atoms with E-state index in [0.29, 0.717) is 27.9 Å². The van der Waals surface area contributed by atoms with Crippen LogP contribution in [0.3, 0.4) is 0 Å². The van der Waals surface area contributed by atoms with E-state index in [1.165, 1.54) is 0 Å². The number of rotatable bonds is 8. The van der Waals surface area contributed by atoms with Gasteiger partial charge >= 0.3 is 0 Å². The van der Waals surface area contributed by atoms with E-state index in [1.54, 1.807) is 0 Å². The number of hydrogen-bond donors (Lipinski definition) is 0. The molecule has 15 rings (SSSR count). The lowest BCUT2D eigenvalue weighted by atomic mass is 9.85. The summed E-state index contributed by atoms with van der Waals surface area (Å²) in [5.41, 5.74) is 20.9. The molecule has 394 valence electrons. The molecule has 0 spiro atoms. The van der Waals surface area contributed by atoms with E-state index < -0.39 is 0 Å². The minimum absolute atomic E-state index is 0.512. The first kappa shape index (κ1) is 49.9. The van der Waals surface area contributed by atoms with E-state index in [0.717, 1.165) is 144 Å². The SMILES string of the molecule is Cc1ccc(-c2ccccc2-c2cc(-c3cccc4c5ccccc5n(-c5ccccc5)c34)nc(-c3ccccc3-n3c4ccc(C#N)cc4c4cc(C#N)ccc43)c2-c2ccccc2-n2c3ccc(C#N)cc3c3cc(C#N)ccc32)c(C)n1. The van der Waals surface area contributed by atoms with Crippen LogP contribution in [0.25, 0.3) is 138 Å². The highest BCUT2D eigenvalue weighted by molar-refractivity contribution is 6.16. The van der Waals surface area contributed by atoms with Gasteiger partial charge in [-0.15, -0.1) is 0 Å². The standard InChI is InChI=1S/C76H45N9/c1-46-27-32-53(47(2)81-46)54-17-6-7-18-55(54)65-41-66(58-23-14-22-57-56-19-8-11-24-67(56)83(76(57)58)52-15-4-3-5-16-52)82-75(60-21-10-13-26-69(60)85-72-35-30-50(44-79)39-63(72)64-40-51(45-80)31-36-73(64)85)74(65)59-20-9-12-25-68(59)84-70-33-28-48(42-77)37-61(70)62-38-49(43-78)29-34-71(62)84/h3-41H,1-2H3. The Hall–Kier alpha value is -12.1. The molecule has 9 heteroatoms. The Morgan fingerprint density at radius 2 is 0.765 bits per heavy atom. The lowest BCUT2D eigenvalue weighted by Crippen LogP contribution is -2.05. The molecule has 85 heavy (non-hydrogen) atoms. The second-order valence-corrected chi connectivity index (χ2v) is 21.4. The molecule has 5 heterocycles. The summed E-state index contributed by atoms with van der Waals surface area (Å²) in [6.07, 6.45) is 0. The van der Waals surface area contributed by atoms with Crippen molar-refractivity contribution < 1.29 is 0 Å². The number of nitrogens with zero attached hydrogens (tertiary/aromatic N) is 9. The maximum Gasteiger partial charge on any atom is 0.0991 e. The fraction of sp³-hybridized carbons (Fsp3) is 0.0263. The zero-order chi connectivity index (χ0) is 57.4. The second-order valence-electron chi connectivity index (χ2n) is 21.4. The van der Waals surface area contributed by atoms with E-state index in [2.05, 4.69) is 197 Å². The van der Waals surface area contributed by atoms with Crippen molar-refractivity contribution in [3.8, 4) is 97.2 Å². The summed E-state index contributed by atoms with van der Waals surface area (Å²) >= 11 is 0. The number of aromatic nitrogens is 5. The fourth-order valence-electron chi connectivity index (χ4n) is 13.0. The molecule has 0 fully saturated rings. The van der Waals surface area contributed by atoms with Crippen molar-refractivity contribution in [3.05, 3.63) is 270 Å². The van der Waals surface area contributed by atoms with E-state index in [9.17, 15) is 21.0 Å². The number of pyridine rings is 2. The van der Waals surface area contributed by atoms with Gasteiger partial charge < -0.3 is 13.7 Å². The van der Waals surface area contributed by atoms with Gasteiger partial charge in [0, 0.05) is 77.2 Å². The van der Waals surface area contributed by atoms with Crippen molar-refractivity contribution in [3.63, 3.8) is 0 Å². The highest BCUT2D eigenvalue weighted by Crippen LogP contribution is 2.50. The first-order valence-electron chi connectivity index (χ1n) is 28.0. The number of fused-ring (bicyclic) bond motifs is 9. The molecule has 0 saturated carbocycles. The number of nitriles is 4. The van der Waals surface area contributed by atoms with Crippen LogP contribution >= 0.6 is 0 Å². The molecule has 0 atom stereocenters. The molecule has 10 aromatic carbocycles. The molecule has 0 aliphatic carbocycles. The van der Waals surface area contributed by atoms with Crippen molar-refractivity contribution >= 4 is 65.4 Å². The molecule has 9 nitrogen and oxygen atoms in total. The van der Waals surface area contributed by atoms with Gasteiger partial charge in [0.25, 0.3) is 0 Å². The molecule has 0 saturated heterocycles. The minimum atomic E-state index is 0.512. The van der Waals surface area contributed by atoms with Crippen LogP contribution in [0.2, 0.25) is 0 Å². The van der Waals surface area contributed by atoms with Crippen molar-refractivity contribution in [2.45, 2.75) is 13.8 Å². The number of benzene rings is 10. The summed E-state index contributed by atoms with van der Waals surface area (Å²) in [5, 5.41) is 46.7. The quantitative estimate of drug-likeness (QED) is 0.149. The van der Waals surface area contributed by atoms with Crippen LogP contribution in [0.4, 0.5) is 0 Å². The van der Waals surface area contributed by atoms with E-state index in [-0.39, 0.29) is 0 Å². The van der Waals surface area contributed by atoms with E-state index >= 15 is 0 Å². The van der Waals surface area contributed by atoms with Crippen LogP contribution in [0, 0.1) is 59.2 Å². The minimum Gasteiger partial charge on any atom is -0.309 e. The summed E-state index contributed by atoms with van der Waals surface area (Å²) in [7, 11) is 0. The molecule has 0 aliphatic rings. The van der Waals surface area contributed by atoms with Gasteiger partial charge in [-0.3, -0.25) is 4.98 Å². The molecule has 0 radical (unpaired) electrons. The molecular weight excluding hydrogens is 1040 g/mol. The monoisotopic (exact) mass is 1080 g/mol. The molecule has 0 aliphatic heterocycles. The van der Waals surface area contributed by atoms with Gasteiger partial charge in [0.15, 0.2) is 0 Å². The number of para-hydroxylation sites is 5. The molecule has 0 N–H and O–H groups in total. The molecular formula is C76H45N9. The Labute approximate surface area is 488 Å². The van der Waals surface area contributed by atoms with E-state index in [1.807, 2.05) is 91.9 Å². The smallest absolute Gasteiger partial charge is 0.0991 e. The first-order valence-corrected chi connectivity index (χ1v) is 28.0. The molecule has 0 bridgehead atoms. The normalized spacial score (nSPS) is 11.4. The maximum absolute atomic E-state index is 10.3. The Balaban J connectivity index is 1.14. The molecule has 0 amide bonds. The van der Waals surface area contributed by atoms with Crippen LogP contribution in [0.1, 0.15) is 33.6 Å². The summed E-state index contributed by atoms with van der Waals surface area (Å²) in [6.45, 7) is 4.09. The van der Waals surface area contributed by atoms with Gasteiger partial charge in [-0.1, -0.05) is 121 Å². The van der Waals surface area contributed by atoms with Crippen LogP contribution < -0.4 is 0 Å². The number of aryl methyl sites for hydroxylation is 2. The van der Waals surface area contributed by atoms with Crippen molar-refractivity contribution in [2.24, 2.45) is 0 Å². The number of hydrogen-bond acceptors (Lipinski definition) is 6. The summed E-state index contributed by atoms with van der Waals surface area (Å²) < 4.78 is 6.84. The third-order valence-electron chi connectivity index (χ3n) is 16.6. The highest BCUT2D eigenvalue weighted by atomic mass is 15.0. The van der Waals surface area contributed by atoms with Crippen molar-refractivity contribution in [1.82, 2.24) is 23.7 Å².